The van der Waals surface area contributed by atoms with E-state index in [9.17, 15) is 12.8 Å². The van der Waals surface area contributed by atoms with Crippen molar-refractivity contribution >= 4 is 10.0 Å². The summed E-state index contributed by atoms with van der Waals surface area (Å²) in [5, 5.41) is 8.80. The van der Waals surface area contributed by atoms with Crippen LogP contribution < -0.4 is 0 Å². The zero-order valence-corrected chi connectivity index (χ0v) is 14.6. The Hall–Kier alpha value is -1.53. The van der Waals surface area contributed by atoms with E-state index in [-0.39, 0.29) is 23.4 Å². The molecule has 0 radical (unpaired) electrons. The Morgan fingerprint density at radius 1 is 1.33 bits per heavy atom. The molecular formula is C16H22FN3O3S. The number of aryl methyl sites for hydroxylation is 1. The van der Waals surface area contributed by atoms with E-state index in [2.05, 4.69) is 4.90 Å². The van der Waals surface area contributed by atoms with Gasteiger partial charge in [0.2, 0.25) is 10.0 Å². The van der Waals surface area contributed by atoms with Gasteiger partial charge < -0.3 is 4.74 Å². The van der Waals surface area contributed by atoms with Crippen LogP contribution in [0.3, 0.4) is 0 Å². The number of halogens is 1. The van der Waals surface area contributed by atoms with Crippen LogP contribution in [0.2, 0.25) is 0 Å². The molecule has 0 aromatic heterocycles. The lowest BCUT2D eigenvalue weighted by atomic mass is 10.2. The van der Waals surface area contributed by atoms with Crippen LogP contribution >= 0.6 is 0 Å². The van der Waals surface area contributed by atoms with E-state index in [0.29, 0.717) is 26.3 Å². The molecule has 1 heterocycles. The van der Waals surface area contributed by atoms with Gasteiger partial charge in [-0.1, -0.05) is 0 Å². The first kappa shape index (κ1) is 18.8. The summed E-state index contributed by atoms with van der Waals surface area (Å²) in [5.41, 5.74) is 0.282. The van der Waals surface area contributed by atoms with Gasteiger partial charge in [0.25, 0.3) is 0 Å². The fourth-order valence-electron chi connectivity index (χ4n) is 2.53. The van der Waals surface area contributed by atoms with E-state index in [1.807, 2.05) is 6.07 Å². The predicted molar refractivity (Wildman–Crippen MR) is 87.4 cm³/mol. The molecule has 0 unspecified atom stereocenters. The summed E-state index contributed by atoms with van der Waals surface area (Å²) < 4.78 is 45.6. The van der Waals surface area contributed by atoms with Crippen LogP contribution in [0.1, 0.15) is 12.0 Å². The van der Waals surface area contributed by atoms with Crippen molar-refractivity contribution in [1.82, 2.24) is 9.21 Å². The summed E-state index contributed by atoms with van der Waals surface area (Å²) >= 11 is 0. The molecule has 1 aliphatic rings. The predicted octanol–water partition coefficient (Wildman–Crippen LogP) is 1.37. The highest BCUT2D eigenvalue weighted by Gasteiger charge is 2.25. The first-order valence-electron chi connectivity index (χ1n) is 7.88. The SMILES string of the molecule is Cc1cc(S(=O)(=O)N(CCC#N)CCN2CCOCC2)ccc1F. The Labute approximate surface area is 142 Å². The maximum Gasteiger partial charge on any atom is 0.243 e. The van der Waals surface area contributed by atoms with Crippen molar-refractivity contribution in [2.45, 2.75) is 18.2 Å². The second-order valence-corrected chi connectivity index (χ2v) is 7.62. The maximum absolute atomic E-state index is 13.4. The molecule has 0 amide bonds. The highest BCUT2D eigenvalue weighted by molar-refractivity contribution is 7.89. The molecule has 1 saturated heterocycles. The number of benzene rings is 1. The molecule has 0 aliphatic carbocycles. The molecule has 24 heavy (non-hydrogen) atoms. The van der Waals surface area contributed by atoms with Crippen LogP contribution in [0, 0.1) is 24.1 Å². The van der Waals surface area contributed by atoms with Crippen LogP contribution in [-0.4, -0.2) is 63.6 Å². The Morgan fingerprint density at radius 2 is 2.04 bits per heavy atom. The van der Waals surface area contributed by atoms with Crippen molar-refractivity contribution in [2.75, 3.05) is 45.9 Å². The van der Waals surface area contributed by atoms with Crippen molar-refractivity contribution in [3.8, 4) is 6.07 Å². The van der Waals surface area contributed by atoms with Gasteiger partial charge in [0, 0.05) is 39.1 Å². The third-order valence-electron chi connectivity index (χ3n) is 4.01. The number of sulfonamides is 1. The number of ether oxygens (including phenoxy) is 1. The number of nitrogens with zero attached hydrogens (tertiary/aromatic N) is 3. The third-order valence-corrected chi connectivity index (χ3v) is 5.90. The highest BCUT2D eigenvalue weighted by atomic mass is 32.2. The van der Waals surface area contributed by atoms with Gasteiger partial charge in [-0.3, -0.25) is 4.90 Å². The highest BCUT2D eigenvalue weighted by Crippen LogP contribution is 2.19. The molecule has 1 aromatic carbocycles. The minimum Gasteiger partial charge on any atom is -0.379 e. The Bertz CT molecular complexity index is 697. The second-order valence-electron chi connectivity index (χ2n) is 5.68. The van der Waals surface area contributed by atoms with Crippen LogP contribution in [0.15, 0.2) is 23.1 Å². The Balaban J connectivity index is 2.14. The Kier molecular flexibility index (Phi) is 6.69. The minimum absolute atomic E-state index is 0.0568. The lowest BCUT2D eigenvalue weighted by Crippen LogP contribution is -2.43. The van der Waals surface area contributed by atoms with Gasteiger partial charge >= 0.3 is 0 Å². The first-order valence-corrected chi connectivity index (χ1v) is 9.32. The summed E-state index contributed by atoms with van der Waals surface area (Å²) in [6, 6.07) is 5.74. The monoisotopic (exact) mass is 355 g/mol. The van der Waals surface area contributed by atoms with Crippen LogP contribution in [0.4, 0.5) is 4.39 Å². The van der Waals surface area contributed by atoms with Crippen LogP contribution in [-0.2, 0) is 14.8 Å². The number of hydrogen-bond acceptors (Lipinski definition) is 5. The van der Waals surface area contributed by atoms with E-state index < -0.39 is 15.8 Å². The molecule has 0 saturated carbocycles. The van der Waals surface area contributed by atoms with E-state index in [0.717, 1.165) is 19.2 Å². The van der Waals surface area contributed by atoms with Crippen LogP contribution in [0.25, 0.3) is 0 Å². The number of morpholine rings is 1. The maximum atomic E-state index is 13.4. The zero-order chi connectivity index (χ0) is 17.6. The summed E-state index contributed by atoms with van der Waals surface area (Å²) in [4.78, 5) is 2.19. The van der Waals surface area contributed by atoms with E-state index in [1.54, 1.807) is 0 Å². The topological polar surface area (TPSA) is 73.6 Å². The number of rotatable bonds is 7. The van der Waals surface area contributed by atoms with Crippen molar-refractivity contribution in [3.63, 3.8) is 0 Å². The average molecular weight is 355 g/mol. The van der Waals surface area contributed by atoms with E-state index in [4.69, 9.17) is 10.00 Å². The normalized spacial score (nSPS) is 16.2. The largest absolute Gasteiger partial charge is 0.379 e. The minimum atomic E-state index is -3.76. The molecular weight excluding hydrogens is 333 g/mol. The fraction of sp³-hybridized carbons (Fsp3) is 0.562. The smallest absolute Gasteiger partial charge is 0.243 e. The molecule has 132 valence electrons. The molecule has 2 rings (SSSR count). The van der Waals surface area contributed by atoms with E-state index >= 15 is 0 Å². The Morgan fingerprint density at radius 3 is 2.67 bits per heavy atom. The average Bonchev–Trinajstić information content (AvgIpc) is 2.58. The molecule has 0 spiro atoms. The van der Waals surface area contributed by atoms with Gasteiger partial charge in [-0.25, -0.2) is 12.8 Å². The van der Waals surface area contributed by atoms with Gasteiger partial charge in [-0.15, -0.1) is 0 Å². The molecule has 0 N–H and O–H groups in total. The van der Waals surface area contributed by atoms with Gasteiger partial charge in [0.15, 0.2) is 0 Å². The standard InChI is InChI=1S/C16H22FN3O3S/c1-14-13-15(3-4-16(14)17)24(21,22)20(6-2-5-18)8-7-19-9-11-23-12-10-19/h3-4,13H,2,6-12H2,1H3. The molecule has 1 aliphatic heterocycles. The summed E-state index contributed by atoms with van der Waals surface area (Å²) in [5.74, 6) is -0.439. The number of hydrogen-bond donors (Lipinski definition) is 0. The van der Waals surface area contributed by atoms with Gasteiger partial charge in [-0.2, -0.15) is 9.57 Å². The van der Waals surface area contributed by atoms with Gasteiger partial charge in [0.1, 0.15) is 5.82 Å². The lowest BCUT2D eigenvalue weighted by molar-refractivity contribution is 0.0363. The van der Waals surface area contributed by atoms with Crippen LogP contribution in [0.5, 0.6) is 0 Å². The molecule has 0 atom stereocenters. The fourth-order valence-corrected chi connectivity index (χ4v) is 4.05. The van der Waals surface area contributed by atoms with E-state index in [1.165, 1.54) is 23.4 Å². The molecule has 6 nitrogen and oxygen atoms in total. The molecule has 0 bridgehead atoms. The third kappa shape index (κ3) is 4.74. The van der Waals surface area contributed by atoms with Crippen molar-refractivity contribution in [2.24, 2.45) is 0 Å². The summed E-state index contributed by atoms with van der Waals surface area (Å²) in [7, 11) is -3.76. The molecule has 1 aromatic rings. The second kappa shape index (κ2) is 8.53. The van der Waals surface area contributed by atoms with Gasteiger partial charge in [-0.05, 0) is 30.7 Å². The molecule has 8 heteroatoms. The summed E-state index contributed by atoms with van der Waals surface area (Å²) in [6.45, 7) is 5.34. The van der Waals surface area contributed by atoms with Crippen molar-refractivity contribution in [3.05, 3.63) is 29.6 Å². The number of nitriles is 1. The van der Waals surface area contributed by atoms with Crippen molar-refractivity contribution < 1.29 is 17.5 Å². The lowest BCUT2D eigenvalue weighted by Gasteiger charge is -2.29. The van der Waals surface area contributed by atoms with Crippen molar-refractivity contribution in [1.29, 1.82) is 5.26 Å². The quantitative estimate of drug-likeness (QED) is 0.739. The van der Waals surface area contributed by atoms with Gasteiger partial charge in [0.05, 0.1) is 24.2 Å². The zero-order valence-electron chi connectivity index (χ0n) is 13.7. The summed E-state index contributed by atoms with van der Waals surface area (Å²) in [6.07, 6.45) is 0.114. The molecule has 1 fully saturated rings. The first-order chi connectivity index (χ1) is 11.4.